The number of phenols is 1. The van der Waals surface area contributed by atoms with Gasteiger partial charge in [0.1, 0.15) is 12.0 Å². The summed E-state index contributed by atoms with van der Waals surface area (Å²) in [6.07, 6.45) is 1.33. The molecule has 1 heterocycles. The molecule has 0 spiro atoms. The molecule has 17 heavy (non-hydrogen) atoms. The largest absolute Gasteiger partial charge is 0.508 e. The molecular formula is C12H11NO4. The normalized spacial score (nSPS) is 12.3. The van der Waals surface area contributed by atoms with Gasteiger partial charge in [-0.25, -0.2) is 4.98 Å². The fourth-order valence-electron chi connectivity index (χ4n) is 1.35. The molecule has 5 nitrogen and oxygen atoms in total. The summed E-state index contributed by atoms with van der Waals surface area (Å²) < 4.78 is 5.21. The Bertz CT molecular complexity index is 530. The number of aliphatic carboxylic acids is 1. The number of hydrogen-bond acceptors (Lipinski definition) is 4. The molecule has 2 rings (SSSR count). The van der Waals surface area contributed by atoms with Gasteiger partial charge in [0.2, 0.25) is 5.89 Å². The quantitative estimate of drug-likeness (QED) is 0.849. The highest BCUT2D eigenvalue weighted by molar-refractivity contribution is 5.75. The number of benzene rings is 1. The molecule has 0 saturated carbocycles. The second-order valence-electron chi connectivity index (χ2n) is 3.68. The molecular weight excluding hydrogens is 222 g/mol. The van der Waals surface area contributed by atoms with Gasteiger partial charge in [-0.2, -0.15) is 0 Å². The molecule has 0 bridgehead atoms. The average molecular weight is 233 g/mol. The Morgan fingerprint density at radius 2 is 2.00 bits per heavy atom. The second-order valence-corrected chi connectivity index (χ2v) is 3.68. The van der Waals surface area contributed by atoms with Crippen LogP contribution in [0.1, 0.15) is 18.5 Å². The van der Waals surface area contributed by atoms with E-state index in [9.17, 15) is 4.79 Å². The number of carbonyl (C=O) groups is 1. The summed E-state index contributed by atoms with van der Waals surface area (Å²) >= 11 is 0. The lowest BCUT2D eigenvalue weighted by molar-refractivity contribution is -0.138. The van der Waals surface area contributed by atoms with Crippen molar-refractivity contribution in [2.75, 3.05) is 0 Å². The first-order chi connectivity index (χ1) is 8.08. The summed E-state index contributed by atoms with van der Waals surface area (Å²) in [6, 6.07) is 6.33. The predicted molar refractivity (Wildman–Crippen MR) is 59.7 cm³/mol. The highest BCUT2D eigenvalue weighted by atomic mass is 16.4. The van der Waals surface area contributed by atoms with Crippen molar-refractivity contribution in [2.24, 2.45) is 0 Å². The first kappa shape index (κ1) is 11.2. The zero-order valence-electron chi connectivity index (χ0n) is 9.12. The van der Waals surface area contributed by atoms with Gasteiger partial charge in [0.05, 0.1) is 11.6 Å². The van der Waals surface area contributed by atoms with Gasteiger partial charge < -0.3 is 14.6 Å². The molecule has 1 aromatic heterocycles. The van der Waals surface area contributed by atoms with E-state index in [2.05, 4.69) is 4.98 Å². The number of aromatic nitrogens is 1. The number of carboxylic acid groups (broad SMARTS) is 1. The summed E-state index contributed by atoms with van der Waals surface area (Å²) in [5.41, 5.74) is 1.06. The molecule has 0 aliphatic rings. The molecule has 5 heteroatoms. The first-order valence-electron chi connectivity index (χ1n) is 5.05. The molecule has 0 aliphatic carbocycles. The summed E-state index contributed by atoms with van der Waals surface area (Å²) in [6.45, 7) is 1.54. The van der Waals surface area contributed by atoms with E-state index < -0.39 is 11.9 Å². The molecule has 0 fully saturated rings. The highest BCUT2D eigenvalue weighted by Crippen LogP contribution is 2.23. The molecule has 0 amide bonds. The molecule has 0 radical (unpaired) electrons. The molecule has 2 N–H and O–H groups in total. The number of nitrogens with zero attached hydrogens (tertiary/aromatic N) is 1. The molecule has 1 atom stereocenters. The van der Waals surface area contributed by atoms with Gasteiger partial charge in [-0.3, -0.25) is 4.79 Å². The monoisotopic (exact) mass is 233 g/mol. The summed E-state index contributed by atoms with van der Waals surface area (Å²) in [4.78, 5) is 14.9. The van der Waals surface area contributed by atoms with Crippen LogP contribution in [0.25, 0.3) is 11.5 Å². The van der Waals surface area contributed by atoms with Crippen LogP contribution < -0.4 is 0 Å². The molecule has 0 aliphatic heterocycles. The van der Waals surface area contributed by atoms with Crippen molar-refractivity contribution in [3.63, 3.8) is 0 Å². The molecule has 88 valence electrons. The second kappa shape index (κ2) is 4.29. The molecule has 1 unspecified atom stereocenters. The Labute approximate surface area is 97.3 Å². The molecule has 0 saturated heterocycles. The van der Waals surface area contributed by atoms with Crippen molar-refractivity contribution >= 4 is 5.97 Å². The van der Waals surface area contributed by atoms with Crippen molar-refractivity contribution in [1.82, 2.24) is 4.98 Å². The van der Waals surface area contributed by atoms with E-state index in [0.717, 1.165) is 0 Å². The predicted octanol–water partition coefficient (Wildman–Crippen LogP) is 2.24. The third-order valence-electron chi connectivity index (χ3n) is 2.45. The summed E-state index contributed by atoms with van der Waals surface area (Å²) in [5, 5.41) is 18.0. The minimum atomic E-state index is -0.949. The topological polar surface area (TPSA) is 83.6 Å². The Morgan fingerprint density at radius 3 is 2.59 bits per heavy atom. The van der Waals surface area contributed by atoms with Crippen molar-refractivity contribution in [3.8, 4) is 17.2 Å². The van der Waals surface area contributed by atoms with Crippen molar-refractivity contribution in [3.05, 3.63) is 36.2 Å². The maximum absolute atomic E-state index is 10.8. The Hall–Kier alpha value is -2.30. The summed E-state index contributed by atoms with van der Waals surface area (Å²) in [5.74, 6) is -1.16. The van der Waals surface area contributed by atoms with Gasteiger partial charge in [-0.1, -0.05) is 0 Å². The lowest BCUT2D eigenvalue weighted by Crippen LogP contribution is -2.07. The first-order valence-corrected chi connectivity index (χ1v) is 5.05. The van der Waals surface area contributed by atoms with Crippen molar-refractivity contribution in [1.29, 1.82) is 0 Å². The van der Waals surface area contributed by atoms with E-state index in [1.807, 2.05) is 0 Å². The van der Waals surface area contributed by atoms with Crippen LogP contribution in [0.4, 0.5) is 0 Å². The SMILES string of the molecule is CC(C(=O)O)c1coc(-c2ccc(O)cc2)n1. The van der Waals surface area contributed by atoms with E-state index in [1.165, 1.54) is 18.4 Å². The van der Waals surface area contributed by atoms with Crippen LogP contribution in [0.15, 0.2) is 34.9 Å². The zero-order chi connectivity index (χ0) is 12.4. The smallest absolute Gasteiger partial charge is 0.312 e. The Morgan fingerprint density at radius 1 is 1.35 bits per heavy atom. The Kier molecular flexibility index (Phi) is 2.82. The van der Waals surface area contributed by atoms with E-state index in [0.29, 0.717) is 17.1 Å². The van der Waals surface area contributed by atoms with E-state index in [4.69, 9.17) is 14.6 Å². The van der Waals surface area contributed by atoms with Crippen molar-refractivity contribution in [2.45, 2.75) is 12.8 Å². The van der Waals surface area contributed by atoms with Crippen LogP contribution >= 0.6 is 0 Å². The van der Waals surface area contributed by atoms with E-state index >= 15 is 0 Å². The van der Waals surface area contributed by atoms with Gasteiger partial charge in [0.15, 0.2) is 0 Å². The average Bonchev–Trinajstić information content (AvgIpc) is 2.78. The number of carboxylic acids is 1. The standard InChI is InChI=1S/C12H11NO4/c1-7(12(15)16)10-6-17-11(13-10)8-2-4-9(14)5-3-8/h2-7,14H,1H3,(H,15,16). The van der Waals surface area contributed by atoms with Crippen LogP contribution in [-0.2, 0) is 4.79 Å². The van der Waals surface area contributed by atoms with Gasteiger partial charge in [-0.15, -0.1) is 0 Å². The number of rotatable bonds is 3. The van der Waals surface area contributed by atoms with Crippen LogP contribution in [0.3, 0.4) is 0 Å². The third kappa shape index (κ3) is 2.28. The number of hydrogen-bond donors (Lipinski definition) is 2. The lowest BCUT2D eigenvalue weighted by atomic mass is 10.1. The molecule has 2 aromatic rings. The van der Waals surface area contributed by atoms with Crippen LogP contribution in [0, 0.1) is 0 Å². The van der Waals surface area contributed by atoms with E-state index in [-0.39, 0.29) is 5.75 Å². The van der Waals surface area contributed by atoms with Gasteiger partial charge in [0, 0.05) is 5.56 Å². The maximum Gasteiger partial charge on any atom is 0.312 e. The number of oxazole rings is 1. The van der Waals surface area contributed by atoms with E-state index in [1.54, 1.807) is 19.1 Å². The minimum Gasteiger partial charge on any atom is -0.508 e. The van der Waals surface area contributed by atoms with Gasteiger partial charge in [0.25, 0.3) is 0 Å². The zero-order valence-corrected chi connectivity index (χ0v) is 9.12. The number of aromatic hydroxyl groups is 1. The van der Waals surface area contributed by atoms with Crippen molar-refractivity contribution < 1.29 is 19.4 Å². The lowest BCUT2D eigenvalue weighted by Gasteiger charge is -1.99. The fourth-order valence-corrected chi connectivity index (χ4v) is 1.35. The van der Waals surface area contributed by atoms with Gasteiger partial charge in [-0.05, 0) is 31.2 Å². The summed E-state index contributed by atoms with van der Waals surface area (Å²) in [7, 11) is 0. The molecule has 1 aromatic carbocycles. The number of phenolic OH excluding ortho intramolecular Hbond substituents is 1. The highest BCUT2D eigenvalue weighted by Gasteiger charge is 2.18. The van der Waals surface area contributed by atoms with Crippen LogP contribution in [-0.4, -0.2) is 21.2 Å². The Balaban J connectivity index is 2.29. The fraction of sp³-hybridized carbons (Fsp3) is 0.167. The minimum absolute atomic E-state index is 0.152. The van der Waals surface area contributed by atoms with Gasteiger partial charge >= 0.3 is 5.97 Å². The maximum atomic E-state index is 10.8. The van der Waals surface area contributed by atoms with Crippen LogP contribution in [0.5, 0.6) is 5.75 Å². The third-order valence-corrected chi connectivity index (χ3v) is 2.45. The van der Waals surface area contributed by atoms with Crippen LogP contribution in [0.2, 0.25) is 0 Å².